The molecule has 1 heterocycles. The lowest BCUT2D eigenvalue weighted by molar-refractivity contribution is -0.123. The highest BCUT2D eigenvalue weighted by atomic mass is 79.9. The van der Waals surface area contributed by atoms with Gasteiger partial charge < -0.3 is 9.84 Å². The number of aromatic hydroxyl groups is 1. The van der Waals surface area contributed by atoms with Gasteiger partial charge in [-0.3, -0.25) is 9.59 Å². The number of halogens is 2. The summed E-state index contributed by atoms with van der Waals surface area (Å²) in [6.45, 7) is 4.03. The van der Waals surface area contributed by atoms with Crippen LogP contribution in [0.4, 0.5) is 5.69 Å². The van der Waals surface area contributed by atoms with Crippen molar-refractivity contribution in [1.29, 1.82) is 0 Å². The Kier molecular flexibility index (Phi) is 6.27. The van der Waals surface area contributed by atoms with Gasteiger partial charge in [0.1, 0.15) is 0 Å². The number of ether oxygens (including phenoxy) is 1. The second-order valence-corrected chi connectivity index (χ2v) is 10.2. The summed E-state index contributed by atoms with van der Waals surface area (Å²) in [5.74, 6) is -1.61. The summed E-state index contributed by atoms with van der Waals surface area (Å²) >= 11 is 9.67. The molecule has 0 saturated carbocycles. The molecule has 3 atom stereocenters. The van der Waals surface area contributed by atoms with Gasteiger partial charge in [-0.25, -0.2) is 4.90 Å². The fraction of sp³-hybridized carbons (Fsp3) is 0.172. The van der Waals surface area contributed by atoms with Crippen LogP contribution < -0.4 is 9.64 Å². The van der Waals surface area contributed by atoms with E-state index in [2.05, 4.69) is 22.5 Å². The molecular weight excluding hydrogens is 542 g/mol. The predicted molar refractivity (Wildman–Crippen MR) is 144 cm³/mol. The number of methoxy groups -OCH3 is 1. The maximum atomic E-state index is 14.6. The van der Waals surface area contributed by atoms with Crippen LogP contribution in [0.2, 0.25) is 5.02 Å². The number of rotatable bonds is 5. The van der Waals surface area contributed by atoms with E-state index in [0.717, 1.165) is 11.1 Å². The first kappa shape index (κ1) is 24.3. The van der Waals surface area contributed by atoms with Gasteiger partial charge in [0, 0.05) is 10.9 Å². The minimum Gasteiger partial charge on any atom is -0.503 e. The lowest BCUT2D eigenvalue weighted by atomic mass is 9.56. The van der Waals surface area contributed by atoms with E-state index in [9.17, 15) is 14.7 Å². The van der Waals surface area contributed by atoms with Gasteiger partial charge in [-0.1, -0.05) is 66.7 Å². The molecule has 0 bridgehead atoms. The number of benzene rings is 3. The Labute approximate surface area is 222 Å². The Morgan fingerprint density at radius 3 is 2.56 bits per heavy atom. The third-order valence-corrected chi connectivity index (χ3v) is 8.00. The predicted octanol–water partition coefficient (Wildman–Crippen LogP) is 6.54. The summed E-state index contributed by atoms with van der Waals surface area (Å²) in [7, 11) is 1.47. The normalized spacial score (nSPS) is 23.3. The largest absolute Gasteiger partial charge is 0.503 e. The number of phenolic OH excluding ortho intramolecular Hbond substituents is 1. The van der Waals surface area contributed by atoms with Crippen molar-refractivity contribution >= 4 is 45.0 Å². The van der Waals surface area contributed by atoms with Crippen molar-refractivity contribution in [2.45, 2.75) is 17.8 Å². The van der Waals surface area contributed by atoms with Crippen LogP contribution in [0, 0.1) is 5.92 Å². The Hall–Kier alpha value is -3.35. The summed E-state index contributed by atoms with van der Waals surface area (Å²) in [6.07, 6.45) is 4.09. The van der Waals surface area contributed by atoms with Crippen LogP contribution in [0.5, 0.6) is 11.5 Å². The van der Waals surface area contributed by atoms with Crippen molar-refractivity contribution in [3.63, 3.8) is 0 Å². The second-order valence-electron chi connectivity index (χ2n) is 8.88. The number of carbonyl (C=O) groups is 2. The highest BCUT2D eigenvalue weighted by Gasteiger charge is 2.65. The first-order valence-corrected chi connectivity index (χ1v) is 12.6. The number of anilines is 1. The number of nitrogens with zero attached hydrogens (tertiary/aromatic N) is 1. The van der Waals surface area contributed by atoms with Gasteiger partial charge in [-0.2, -0.15) is 0 Å². The number of allylic oxidation sites excluding steroid dienone is 3. The van der Waals surface area contributed by atoms with E-state index >= 15 is 0 Å². The Bertz CT molecular complexity index is 1420. The van der Waals surface area contributed by atoms with Crippen molar-refractivity contribution in [3.05, 3.63) is 112 Å². The van der Waals surface area contributed by atoms with E-state index in [-0.39, 0.29) is 23.3 Å². The smallest absolute Gasteiger partial charge is 0.246 e. The van der Waals surface area contributed by atoms with E-state index in [1.54, 1.807) is 42.5 Å². The molecule has 5 rings (SSSR count). The molecule has 0 aromatic heterocycles. The Morgan fingerprint density at radius 1 is 1.14 bits per heavy atom. The summed E-state index contributed by atoms with van der Waals surface area (Å²) < 4.78 is 5.85. The number of carbonyl (C=O) groups excluding carboxylic acids is 2. The first-order valence-electron chi connectivity index (χ1n) is 11.4. The molecular formula is C29H23BrClNO4. The average Bonchev–Trinajstić information content (AvgIpc) is 3.12. The molecule has 1 fully saturated rings. The van der Waals surface area contributed by atoms with Gasteiger partial charge in [0.05, 0.1) is 28.6 Å². The standard InChI is InChI=1S/C29H23BrClNO4/c1-3-17-12-13-22-27(34)32(21-11-7-10-20(31)16-21)28(35)29(22,19-8-5-4-6-9-19)25(17)18-14-23(30)26(33)24(15-18)36-2/h3-12,14-16,22,25,33H,1,13H2,2H3/t22-,25+,29+/m0/s1. The first-order chi connectivity index (χ1) is 17.3. The van der Waals surface area contributed by atoms with Gasteiger partial charge in [-0.15, -0.1) is 0 Å². The van der Waals surface area contributed by atoms with Crippen LogP contribution >= 0.6 is 27.5 Å². The molecule has 3 aromatic carbocycles. The molecule has 36 heavy (non-hydrogen) atoms. The third kappa shape index (κ3) is 3.51. The number of phenols is 1. The summed E-state index contributed by atoms with van der Waals surface area (Å²) in [5, 5.41) is 10.9. The molecule has 182 valence electrons. The highest BCUT2D eigenvalue weighted by molar-refractivity contribution is 9.10. The van der Waals surface area contributed by atoms with Crippen molar-refractivity contribution in [2.24, 2.45) is 5.92 Å². The zero-order valence-electron chi connectivity index (χ0n) is 19.4. The number of imide groups is 1. The maximum absolute atomic E-state index is 14.6. The van der Waals surface area contributed by atoms with Gasteiger partial charge in [0.15, 0.2) is 11.5 Å². The number of amides is 2. The van der Waals surface area contributed by atoms with E-state index in [4.69, 9.17) is 16.3 Å². The average molecular weight is 565 g/mol. The quantitative estimate of drug-likeness (QED) is 0.357. The number of hydrogen-bond donors (Lipinski definition) is 1. The van der Waals surface area contributed by atoms with Crippen LogP contribution in [0.3, 0.4) is 0 Å². The van der Waals surface area contributed by atoms with E-state index in [1.807, 2.05) is 36.4 Å². The fourth-order valence-corrected chi connectivity index (χ4v) is 6.31. The van der Waals surface area contributed by atoms with Crippen LogP contribution in [0.15, 0.2) is 95.5 Å². The van der Waals surface area contributed by atoms with Crippen molar-refractivity contribution < 1.29 is 19.4 Å². The zero-order chi connectivity index (χ0) is 25.6. The number of hydrogen-bond acceptors (Lipinski definition) is 4. The Morgan fingerprint density at radius 2 is 1.89 bits per heavy atom. The van der Waals surface area contributed by atoms with E-state index in [1.165, 1.54) is 12.0 Å². The summed E-state index contributed by atoms with van der Waals surface area (Å²) in [4.78, 5) is 29.9. The van der Waals surface area contributed by atoms with Gasteiger partial charge in [0.25, 0.3) is 0 Å². The molecule has 5 nitrogen and oxygen atoms in total. The third-order valence-electron chi connectivity index (χ3n) is 7.16. The molecule has 3 aromatic rings. The summed E-state index contributed by atoms with van der Waals surface area (Å²) in [6, 6.07) is 19.7. The van der Waals surface area contributed by atoms with Gasteiger partial charge in [0.2, 0.25) is 11.8 Å². The topological polar surface area (TPSA) is 66.8 Å². The van der Waals surface area contributed by atoms with E-state index < -0.39 is 17.3 Å². The van der Waals surface area contributed by atoms with Crippen LogP contribution in [0.25, 0.3) is 0 Å². The highest BCUT2D eigenvalue weighted by Crippen LogP contribution is 2.59. The van der Waals surface area contributed by atoms with Crippen molar-refractivity contribution in [1.82, 2.24) is 0 Å². The zero-order valence-corrected chi connectivity index (χ0v) is 21.8. The molecule has 1 aliphatic carbocycles. The molecule has 0 spiro atoms. The SMILES string of the molecule is C=CC1=CC[C@H]2C(=O)N(c3cccc(Cl)c3)C(=O)[C@@]2(c2ccccc2)[C@H]1c1cc(Br)c(O)c(OC)c1. The molecule has 1 saturated heterocycles. The number of fused-ring (bicyclic) bond motifs is 1. The van der Waals surface area contributed by atoms with E-state index in [0.29, 0.717) is 27.2 Å². The summed E-state index contributed by atoms with van der Waals surface area (Å²) in [5.41, 5.74) is 1.46. The fourth-order valence-electron chi connectivity index (χ4n) is 5.67. The molecule has 1 N–H and O–H groups in total. The van der Waals surface area contributed by atoms with Crippen LogP contribution in [-0.4, -0.2) is 24.0 Å². The van der Waals surface area contributed by atoms with Gasteiger partial charge in [-0.05, 0) is 69.4 Å². The molecule has 2 aliphatic rings. The lowest BCUT2D eigenvalue weighted by Crippen LogP contribution is -2.48. The minimum atomic E-state index is -1.25. The molecule has 0 radical (unpaired) electrons. The lowest BCUT2D eigenvalue weighted by Gasteiger charge is -2.43. The van der Waals surface area contributed by atoms with Crippen molar-refractivity contribution in [3.8, 4) is 11.5 Å². The van der Waals surface area contributed by atoms with Crippen LogP contribution in [0.1, 0.15) is 23.5 Å². The second kappa shape index (κ2) is 9.26. The maximum Gasteiger partial charge on any atom is 0.246 e. The van der Waals surface area contributed by atoms with Gasteiger partial charge >= 0.3 is 0 Å². The molecule has 0 unspecified atom stereocenters. The molecule has 1 aliphatic heterocycles. The molecule has 7 heteroatoms. The Balaban J connectivity index is 1.83. The van der Waals surface area contributed by atoms with Crippen molar-refractivity contribution in [2.75, 3.05) is 12.0 Å². The van der Waals surface area contributed by atoms with Crippen LogP contribution in [-0.2, 0) is 15.0 Å². The molecule has 2 amide bonds. The minimum absolute atomic E-state index is 0.0408. The monoisotopic (exact) mass is 563 g/mol.